The largest absolute Gasteiger partial charge is 0.384 e. The summed E-state index contributed by atoms with van der Waals surface area (Å²) in [6.45, 7) is -0.0914. The Labute approximate surface area is 105 Å². The molecule has 1 rings (SSSR count). The molecule has 0 aliphatic heterocycles. The zero-order valence-electron chi connectivity index (χ0n) is 10.3. The molecule has 0 spiro atoms. The fourth-order valence-electron chi connectivity index (χ4n) is 1.34. The van der Waals surface area contributed by atoms with Gasteiger partial charge in [-0.2, -0.15) is 0 Å². The molecule has 5 heteroatoms. The number of amides is 1. The molecule has 0 unspecified atom stereocenters. The summed E-state index contributed by atoms with van der Waals surface area (Å²) in [5, 5.41) is 11.3. The van der Waals surface area contributed by atoms with Crippen molar-refractivity contribution >= 4 is 11.6 Å². The monoisotopic (exact) mass is 250 g/mol. The second-order valence-corrected chi connectivity index (χ2v) is 3.94. The van der Waals surface area contributed by atoms with E-state index in [0.717, 1.165) is 0 Å². The molecule has 0 radical (unpaired) electrons. The highest BCUT2D eigenvalue weighted by Gasteiger charge is 2.07. The van der Waals surface area contributed by atoms with Crippen molar-refractivity contribution in [2.24, 2.45) is 0 Å². The van der Waals surface area contributed by atoms with Crippen molar-refractivity contribution in [2.75, 3.05) is 32.6 Å². The molecule has 0 atom stereocenters. The van der Waals surface area contributed by atoms with Crippen molar-refractivity contribution in [2.45, 2.75) is 0 Å². The maximum atomic E-state index is 13.1. The van der Waals surface area contributed by atoms with Crippen molar-refractivity contribution in [1.82, 2.24) is 4.90 Å². The van der Waals surface area contributed by atoms with Crippen LogP contribution in [0.1, 0.15) is 5.56 Å². The van der Waals surface area contributed by atoms with Crippen LogP contribution in [0.4, 0.5) is 10.1 Å². The van der Waals surface area contributed by atoms with Crippen LogP contribution in [-0.2, 0) is 4.79 Å². The highest BCUT2D eigenvalue weighted by atomic mass is 19.1. The lowest BCUT2D eigenvalue weighted by atomic mass is 10.1. The number of benzene rings is 1. The van der Waals surface area contributed by atoms with Gasteiger partial charge in [0.15, 0.2) is 0 Å². The van der Waals surface area contributed by atoms with E-state index in [9.17, 15) is 9.18 Å². The van der Waals surface area contributed by atoms with Gasteiger partial charge in [-0.3, -0.25) is 4.79 Å². The number of rotatable bonds is 3. The van der Waals surface area contributed by atoms with Gasteiger partial charge in [-0.05, 0) is 32.3 Å². The predicted octanol–water partition coefficient (Wildman–Crippen LogP) is 0.670. The highest BCUT2D eigenvalue weighted by Crippen LogP contribution is 2.15. The fraction of sp³-hybridized carbons (Fsp3) is 0.308. The van der Waals surface area contributed by atoms with E-state index < -0.39 is 5.82 Å². The van der Waals surface area contributed by atoms with Crippen molar-refractivity contribution < 1.29 is 14.3 Å². The van der Waals surface area contributed by atoms with E-state index in [4.69, 9.17) is 5.11 Å². The molecule has 1 aromatic carbocycles. The summed E-state index contributed by atoms with van der Waals surface area (Å²) in [6.07, 6.45) is 0. The SMILES string of the molecule is CN(C)CC(=O)Nc1ccc(F)cc1C#CCO. The first-order chi connectivity index (χ1) is 8.52. The Bertz CT molecular complexity index is 489. The molecular formula is C13H15FN2O2. The predicted molar refractivity (Wildman–Crippen MR) is 67.5 cm³/mol. The maximum absolute atomic E-state index is 13.1. The van der Waals surface area contributed by atoms with E-state index in [2.05, 4.69) is 17.2 Å². The summed E-state index contributed by atoms with van der Waals surface area (Å²) in [4.78, 5) is 13.3. The number of likely N-dealkylation sites (N-methyl/N-ethyl adjacent to an activating group) is 1. The number of aliphatic hydroxyl groups is 1. The number of anilines is 1. The minimum Gasteiger partial charge on any atom is -0.384 e. The smallest absolute Gasteiger partial charge is 0.238 e. The molecule has 1 amide bonds. The van der Waals surface area contributed by atoms with Crippen LogP contribution in [0.25, 0.3) is 0 Å². The first-order valence-electron chi connectivity index (χ1n) is 5.37. The highest BCUT2D eigenvalue weighted by molar-refractivity contribution is 5.93. The number of hydrogen-bond acceptors (Lipinski definition) is 3. The summed E-state index contributed by atoms with van der Waals surface area (Å²) < 4.78 is 13.1. The van der Waals surface area contributed by atoms with Crippen LogP contribution in [0.15, 0.2) is 18.2 Å². The lowest BCUT2D eigenvalue weighted by molar-refractivity contribution is -0.116. The van der Waals surface area contributed by atoms with Crippen molar-refractivity contribution in [3.63, 3.8) is 0 Å². The molecule has 0 bridgehead atoms. The molecule has 0 fully saturated rings. The van der Waals surface area contributed by atoms with E-state index >= 15 is 0 Å². The molecular weight excluding hydrogens is 235 g/mol. The van der Waals surface area contributed by atoms with E-state index in [1.165, 1.54) is 18.2 Å². The van der Waals surface area contributed by atoms with Gasteiger partial charge in [0.25, 0.3) is 0 Å². The molecule has 4 nitrogen and oxygen atoms in total. The Hall–Kier alpha value is -1.90. The lowest BCUT2D eigenvalue weighted by Crippen LogP contribution is -2.27. The molecule has 0 saturated heterocycles. The average molecular weight is 250 g/mol. The van der Waals surface area contributed by atoms with E-state index in [1.807, 2.05) is 0 Å². The van der Waals surface area contributed by atoms with Crippen LogP contribution < -0.4 is 5.32 Å². The zero-order chi connectivity index (χ0) is 13.5. The molecule has 0 aliphatic rings. The van der Waals surface area contributed by atoms with E-state index in [1.54, 1.807) is 19.0 Å². The van der Waals surface area contributed by atoms with Crippen molar-refractivity contribution in [3.8, 4) is 11.8 Å². The molecule has 0 heterocycles. The fourth-order valence-corrected chi connectivity index (χ4v) is 1.34. The molecule has 96 valence electrons. The molecule has 0 aliphatic carbocycles. The zero-order valence-corrected chi connectivity index (χ0v) is 10.3. The number of nitrogens with zero attached hydrogens (tertiary/aromatic N) is 1. The average Bonchev–Trinajstić information content (AvgIpc) is 2.28. The summed E-state index contributed by atoms with van der Waals surface area (Å²) in [7, 11) is 3.55. The molecule has 18 heavy (non-hydrogen) atoms. The first-order valence-corrected chi connectivity index (χ1v) is 5.37. The van der Waals surface area contributed by atoms with Crippen LogP contribution in [0.2, 0.25) is 0 Å². The van der Waals surface area contributed by atoms with Gasteiger partial charge >= 0.3 is 0 Å². The quantitative estimate of drug-likeness (QED) is 0.775. The molecule has 2 N–H and O–H groups in total. The van der Waals surface area contributed by atoms with Crippen molar-refractivity contribution in [3.05, 3.63) is 29.6 Å². The van der Waals surface area contributed by atoms with Gasteiger partial charge in [0.05, 0.1) is 17.8 Å². The molecule has 1 aromatic rings. The van der Waals surface area contributed by atoms with Gasteiger partial charge in [0, 0.05) is 0 Å². The van der Waals surface area contributed by atoms with Crippen LogP contribution >= 0.6 is 0 Å². The van der Waals surface area contributed by atoms with Crippen LogP contribution in [0, 0.1) is 17.7 Å². The summed E-state index contributed by atoms with van der Waals surface area (Å²) >= 11 is 0. The maximum Gasteiger partial charge on any atom is 0.238 e. The lowest BCUT2D eigenvalue weighted by Gasteiger charge is -2.11. The minimum absolute atomic E-state index is 0.210. The topological polar surface area (TPSA) is 52.6 Å². The van der Waals surface area contributed by atoms with Gasteiger partial charge in [-0.25, -0.2) is 4.39 Å². The Kier molecular flexibility index (Phi) is 5.31. The van der Waals surface area contributed by atoms with Crippen molar-refractivity contribution in [1.29, 1.82) is 0 Å². The number of nitrogens with one attached hydrogen (secondary N) is 1. The third kappa shape index (κ3) is 4.53. The van der Waals surface area contributed by atoms with Gasteiger partial charge in [0.2, 0.25) is 5.91 Å². The van der Waals surface area contributed by atoms with Gasteiger partial charge in [-0.1, -0.05) is 11.8 Å². The van der Waals surface area contributed by atoms with Gasteiger partial charge in [0.1, 0.15) is 12.4 Å². The third-order valence-corrected chi connectivity index (χ3v) is 2.02. The van der Waals surface area contributed by atoms with E-state index in [-0.39, 0.29) is 19.1 Å². The van der Waals surface area contributed by atoms with Gasteiger partial charge < -0.3 is 15.3 Å². The summed E-state index contributed by atoms with van der Waals surface area (Å²) in [5.74, 6) is 4.37. The minimum atomic E-state index is -0.442. The number of aliphatic hydroxyl groups excluding tert-OH is 1. The summed E-state index contributed by atoms with van der Waals surface area (Å²) in [5.41, 5.74) is 0.778. The number of halogens is 1. The van der Waals surface area contributed by atoms with Crippen LogP contribution in [0.3, 0.4) is 0 Å². The Balaban J connectivity index is 2.90. The van der Waals surface area contributed by atoms with Gasteiger partial charge in [-0.15, -0.1) is 0 Å². The van der Waals surface area contributed by atoms with Crippen LogP contribution in [-0.4, -0.2) is 43.2 Å². The Morgan fingerprint density at radius 2 is 2.22 bits per heavy atom. The number of carbonyl (C=O) groups is 1. The number of carbonyl (C=O) groups excluding carboxylic acids is 1. The normalized spacial score (nSPS) is 9.83. The second-order valence-electron chi connectivity index (χ2n) is 3.94. The second kappa shape index (κ2) is 6.74. The van der Waals surface area contributed by atoms with Crippen LogP contribution in [0.5, 0.6) is 0 Å². The molecule has 0 saturated carbocycles. The molecule has 0 aromatic heterocycles. The van der Waals surface area contributed by atoms with E-state index in [0.29, 0.717) is 11.3 Å². The Morgan fingerprint density at radius 3 is 2.83 bits per heavy atom. The first kappa shape index (κ1) is 14.2. The number of hydrogen-bond donors (Lipinski definition) is 2. The summed E-state index contributed by atoms with van der Waals surface area (Å²) in [6, 6.07) is 3.91. The Morgan fingerprint density at radius 1 is 1.50 bits per heavy atom. The standard InChI is InChI=1S/C13H15FN2O2/c1-16(2)9-13(18)15-12-6-5-11(14)8-10(12)4-3-7-17/h5-6,8,17H,7,9H2,1-2H3,(H,15,18). The third-order valence-electron chi connectivity index (χ3n) is 2.02.